The Bertz CT molecular complexity index is 957. The number of hydrogen-bond donors (Lipinski definition) is 1. The van der Waals surface area contributed by atoms with Gasteiger partial charge in [-0.1, -0.05) is 35.5 Å². The Morgan fingerprint density at radius 3 is 2.59 bits per heavy atom. The third-order valence-electron chi connectivity index (χ3n) is 4.02. The first-order valence-electron chi connectivity index (χ1n) is 8.42. The molecule has 0 unspecified atom stereocenters. The van der Waals surface area contributed by atoms with Crippen LogP contribution in [0.5, 0.6) is 0 Å². The zero-order valence-corrected chi connectivity index (χ0v) is 15.5. The molecule has 136 valence electrons. The summed E-state index contributed by atoms with van der Waals surface area (Å²) >= 11 is 1.30. The van der Waals surface area contributed by atoms with Crippen LogP contribution in [-0.2, 0) is 4.79 Å². The summed E-state index contributed by atoms with van der Waals surface area (Å²) in [5.74, 6) is -0.444. The molecular formula is C20H17N3O3S. The van der Waals surface area contributed by atoms with Crippen molar-refractivity contribution in [2.75, 3.05) is 0 Å². The SMILES string of the molecule is Cc1ccc(Sc2ccc(/C=C(/C#N)C(=O)NC3CC3)cc2[N+](=O)[O-])cc1. The highest BCUT2D eigenvalue weighted by Gasteiger charge is 2.25. The summed E-state index contributed by atoms with van der Waals surface area (Å²) in [6, 6.07) is 14.4. The number of nitrogens with one attached hydrogen (secondary N) is 1. The molecule has 7 heteroatoms. The maximum absolute atomic E-state index is 12.0. The van der Waals surface area contributed by atoms with E-state index in [1.807, 2.05) is 37.3 Å². The van der Waals surface area contributed by atoms with Crippen LogP contribution in [0.4, 0.5) is 5.69 Å². The predicted molar refractivity (Wildman–Crippen MR) is 103 cm³/mol. The predicted octanol–water partition coefficient (Wildman–Crippen LogP) is 4.24. The van der Waals surface area contributed by atoms with Gasteiger partial charge in [-0.05, 0) is 49.6 Å². The molecule has 0 aromatic heterocycles. The molecule has 2 aromatic carbocycles. The van der Waals surface area contributed by atoms with Crippen LogP contribution in [0.15, 0.2) is 57.8 Å². The average molecular weight is 379 g/mol. The van der Waals surface area contributed by atoms with Crippen molar-refractivity contribution in [3.63, 3.8) is 0 Å². The second-order valence-corrected chi connectivity index (χ2v) is 7.43. The van der Waals surface area contributed by atoms with Gasteiger partial charge in [0.15, 0.2) is 0 Å². The monoisotopic (exact) mass is 379 g/mol. The molecule has 0 radical (unpaired) electrons. The van der Waals surface area contributed by atoms with Crippen LogP contribution >= 0.6 is 11.8 Å². The molecule has 6 nitrogen and oxygen atoms in total. The summed E-state index contributed by atoms with van der Waals surface area (Å²) < 4.78 is 0. The van der Waals surface area contributed by atoms with Crippen molar-refractivity contribution in [2.24, 2.45) is 0 Å². The molecular weight excluding hydrogens is 362 g/mol. The highest BCUT2D eigenvalue weighted by Crippen LogP contribution is 2.35. The maximum atomic E-state index is 12.0. The van der Waals surface area contributed by atoms with E-state index in [0.29, 0.717) is 10.5 Å². The van der Waals surface area contributed by atoms with Crippen molar-refractivity contribution < 1.29 is 9.72 Å². The molecule has 0 atom stereocenters. The number of nitriles is 1. The fraction of sp³-hybridized carbons (Fsp3) is 0.200. The van der Waals surface area contributed by atoms with E-state index in [0.717, 1.165) is 23.3 Å². The topological polar surface area (TPSA) is 96.0 Å². The van der Waals surface area contributed by atoms with E-state index in [-0.39, 0.29) is 17.3 Å². The fourth-order valence-corrected chi connectivity index (χ4v) is 3.29. The summed E-state index contributed by atoms with van der Waals surface area (Å²) in [5.41, 5.74) is 1.43. The van der Waals surface area contributed by atoms with Crippen molar-refractivity contribution in [3.8, 4) is 6.07 Å². The zero-order valence-electron chi connectivity index (χ0n) is 14.6. The number of nitro benzene ring substituents is 1. The second kappa shape index (κ2) is 8.06. The Kier molecular flexibility index (Phi) is 5.57. The minimum Gasteiger partial charge on any atom is -0.349 e. The molecule has 27 heavy (non-hydrogen) atoms. The van der Waals surface area contributed by atoms with E-state index in [1.54, 1.807) is 12.1 Å². The van der Waals surface area contributed by atoms with Crippen LogP contribution in [0.3, 0.4) is 0 Å². The number of amides is 1. The van der Waals surface area contributed by atoms with Gasteiger partial charge in [-0.2, -0.15) is 5.26 Å². The van der Waals surface area contributed by atoms with E-state index in [1.165, 1.54) is 23.9 Å². The summed E-state index contributed by atoms with van der Waals surface area (Å²) in [5, 5.41) is 23.5. The Balaban J connectivity index is 1.87. The normalized spacial score (nSPS) is 13.7. The maximum Gasteiger partial charge on any atom is 0.283 e. The fourth-order valence-electron chi connectivity index (χ4n) is 2.39. The first-order chi connectivity index (χ1) is 13.0. The number of nitrogens with zero attached hydrogens (tertiary/aromatic N) is 2. The number of carbonyl (C=O) groups excluding carboxylic acids is 1. The lowest BCUT2D eigenvalue weighted by Gasteiger charge is -2.05. The first kappa shape index (κ1) is 18.7. The Labute approximate surface area is 161 Å². The largest absolute Gasteiger partial charge is 0.349 e. The van der Waals surface area contributed by atoms with Gasteiger partial charge in [-0.25, -0.2) is 0 Å². The molecule has 0 spiro atoms. The lowest BCUT2D eigenvalue weighted by molar-refractivity contribution is -0.387. The minimum atomic E-state index is -0.454. The van der Waals surface area contributed by atoms with Gasteiger partial charge in [0.25, 0.3) is 11.6 Å². The molecule has 0 aliphatic heterocycles. The molecule has 0 saturated heterocycles. The minimum absolute atomic E-state index is 0.0601. The van der Waals surface area contributed by atoms with Gasteiger partial charge in [0.1, 0.15) is 11.6 Å². The summed E-state index contributed by atoms with van der Waals surface area (Å²) in [6.45, 7) is 1.98. The van der Waals surface area contributed by atoms with Gasteiger partial charge in [-0.15, -0.1) is 0 Å². The molecule has 2 aromatic rings. The average Bonchev–Trinajstić information content (AvgIpc) is 3.46. The molecule has 1 aliphatic carbocycles. The van der Waals surface area contributed by atoms with Crippen molar-refractivity contribution in [2.45, 2.75) is 35.6 Å². The molecule has 1 N–H and O–H groups in total. The molecule has 1 fully saturated rings. The summed E-state index contributed by atoms with van der Waals surface area (Å²) in [7, 11) is 0. The Morgan fingerprint density at radius 2 is 2.00 bits per heavy atom. The third kappa shape index (κ3) is 4.96. The standard InChI is InChI=1S/C20H17N3O3S/c1-13-2-7-17(8-3-13)27-19-9-4-14(11-18(19)23(25)26)10-15(12-21)20(24)22-16-5-6-16/h2-4,7-11,16H,5-6H2,1H3,(H,22,24)/b15-10-. The molecule has 0 bridgehead atoms. The number of benzene rings is 2. The summed E-state index contributed by atoms with van der Waals surface area (Å²) in [6.07, 6.45) is 3.22. The van der Waals surface area contributed by atoms with Crippen molar-refractivity contribution in [1.82, 2.24) is 5.32 Å². The van der Waals surface area contributed by atoms with Crippen LogP contribution in [0, 0.1) is 28.4 Å². The van der Waals surface area contributed by atoms with Gasteiger partial charge < -0.3 is 5.32 Å². The van der Waals surface area contributed by atoms with Crippen LogP contribution < -0.4 is 5.32 Å². The highest BCUT2D eigenvalue weighted by molar-refractivity contribution is 7.99. The lowest BCUT2D eigenvalue weighted by atomic mass is 10.1. The molecule has 1 aliphatic rings. The van der Waals surface area contributed by atoms with Crippen molar-refractivity contribution in [1.29, 1.82) is 5.26 Å². The van der Waals surface area contributed by atoms with Crippen LogP contribution in [-0.4, -0.2) is 16.9 Å². The van der Waals surface area contributed by atoms with E-state index >= 15 is 0 Å². The van der Waals surface area contributed by atoms with E-state index in [9.17, 15) is 20.2 Å². The number of hydrogen-bond acceptors (Lipinski definition) is 5. The zero-order chi connectivity index (χ0) is 19.4. The number of aryl methyl sites for hydroxylation is 1. The third-order valence-corrected chi connectivity index (χ3v) is 5.09. The number of nitro groups is 1. The lowest BCUT2D eigenvalue weighted by Crippen LogP contribution is -2.26. The van der Waals surface area contributed by atoms with Gasteiger partial charge >= 0.3 is 0 Å². The first-order valence-corrected chi connectivity index (χ1v) is 9.23. The van der Waals surface area contributed by atoms with Crippen LogP contribution in [0.1, 0.15) is 24.0 Å². The van der Waals surface area contributed by atoms with Gasteiger partial charge in [0.05, 0.1) is 9.82 Å². The number of carbonyl (C=O) groups is 1. The quantitative estimate of drug-likeness (QED) is 0.350. The van der Waals surface area contributed by atoms with Gasteiger partial charge in [0, 0.05) is 17.0 Å². The van der Waals surface area contributed by atoms with E-state index in [4.69, 9.17) is 0 Å². The van der Waals surface area contributed by atoms with E-state index < -0.39 is 10.8 Å². The molecule has 1 saturated carbocycles. The van der Waals surface area contributed by atoms with E-state index in [2.05, 4.69) is 5.32 Å². The van der Waals surface area contributed by atoms with Crippen LogP contribution in [0.25, 0.3) is 6.08 Å². The van der Waals surface area contributed by atoms with Crippen LogP contribution in [0.2, 0.25) is 0 Å². The number of rotatable bonds is 6. The second-order valence-electron chi connectivity index (χ2n) is 6.32. The summed E-state index contributed by atoms with van der Waals surface area (Å²) in [4.78, 5) is 24.5. The molecule has 1 amide bonds. The highest BCUT2D eigenvalue weighted by atomic mass is 32.2. The Morgan fingerprint density at radius 1 is 1.30 bits per heavy atom. The molecule has 3 rings (SSSR count). The molecule has 0 heterocycles. The van der Waals surface area contributed by atoms with Gasteiger partial charge in [-0.3, -0.25) is 14.9 Å². The Hall–Kier alpha value is -3.11. The van der Waals surface area contributed by atoms with Gasteiger partial charge in [0.2, 0.25) is 0 Å². The van der Waals surface area contributed by atoms with Crippen molar-refractivity contribution >= 4 is 29.4 Å². The van der Waals surface area contributed by atoms with Crippen molar-refractivity contribution in [3.05, 3.63) is 69.3 Å². The smallest absolute Gasteiger partial charge is 0.283 e.